The molecule has 2 heterocycles. The van der Waals surface area contributed by atoms with Crippen LogP contribution in [0.5, 0.6) is 0 Å². The van der Waals surface area contributed by atoms with E-state index >= 15 is 0 Å². The molecular weight excluding hydrogens is 392 g/mol. The zero-order valence-corrected chi connectivity index (χ0v) is 17.6. The van der Waals surface area contributed by atoms with E-state index in [0.29, 0.717) is 29.4 Å². The summed E-state index contributed by atoms with van der Waals surface area (Å²) in [6.45, 7) is 6.33. The molecule has 6 nitrogen and oxygen atoms in total. The Kier molecular flexibility index (Phi) is 7.12. The van der Waals surface area contributed by atoms with Crippen LogP contribution < -0.4 is 16.6 Å². The highest BCUT2D eigenvalue weighted by atomic mass is 35.5. The van der Waals surface area contributed by atoms with E-state index in [9.17, 15) is 9.59 Å². The Bertz CT molecular complexity index is 847. The van der Waals surface area contributed by atoms with Crippen LogP contribution in [0.25, 0.3) is 10.2 Å². The van der Waals surface area contributed by atoms with E-state index < -0.39 is 0 Å². The van der Waals surface area contributed by atoms with E-state index in [-0.39, 0.29) is 35.2 Å². The lowest BCUT2D eigenvalue weighted by Gasteiger charge is -2.15. The molecule has 0 saturated heterocycles. The number of amides is 1. The van der Waals surface area contributed by atoms with Crippen molar-refractivity contribution in [3.8, 4) is 0 Å². The summed E-state index contributed by atoms with van der Waals surface area (Å²) in [5.41, 5.74) is 6.90. The van der Waals surface area contributed by atoms with Crippen molar-refractivity contribution in [1.29, 1.82) is 0 Å². The number of thioether (sulfide) groups is 1. The van der Waals surface area contributed by atoms with Gasteiger partial charge in [0.15, 0.2) is 0 Å². The van der Waals surface area contributed by atoms with Gasteiger partial charge >= 0.3 is 0 Å². The minimum atomic E-state index is -0.223. The Labute approximate surface area is 167 Å². The smallest absolute Gasteiger partial charge is 0.259 e. The van der Waals surface area contributed by atoms with Crippen LogP contribution in [0.3, 0.4) is 0 Å². The molecule has 0 radical (unpaired) electrons. The minimum Gasteiger partial charge on any atom is -0.354 e. The van der Waals surface area contributed by atoms with Crippen molar-refractivity contribution in [2.24, 2.45) is 11.7 Å². The number of carbonyl (C=O) groups excluding carboxylic acids is 1. The Morgan fingerprint density at radius 3 is 2.81 bits per heavy atom. The highest BCUT2D eigenvalue weighted by Crippen LogP contribution is 2.31. The number of fused-ring (bicyclic) bond motifs is 1. The van der Waals surface area contributed by atoms with Gasteiger partial charge in [-0.2, -0.15) is 0 Å². The molecule has 144 valence electrons. The monoisotopic (exact) mass is 416 g/mol. The van der Waals surface area contributed by atoms with E-state index in [1.165, 1.54) is 35.9 Å². The molecule has 1 fully saturated rings. The second kappa shape index (κ2) is 8.73. The van der Waals surface area contributed by atoms with Crippen molar-refractivity contribution in [3.05, 3.63) is 26.6 Å². The van der Waals surface area contributed by atoms with Crippen molar-refractivity contribution in [2.45, 2.75) is 50.7 Å². The molecule has 2 atom stereocenters. The first-order chi connectivity index (χ1) is 11.9. The van der Waals surface area contributed by atoms with E-state index in [2.05, 4.69) is 15.3 Å². The summed E-state index contributed by atoms with van der Waals surface area (Å²) in [7, 11) is 0. The number of hydrogen-bond donors (Lipinski definition) is 3. The lowest BCUT2D eigenvalue weighted by atomic mass is 10.2. The maximum Gasteiger partial charge on any atom is 0.259 e. The number of aromatic nitrogens is 2. The molecule has 1 aliphatic carbocycles. The van der Waals surface area contributed by atoms with Gasteiger partial charge in [0.1, 0.15) is 10.7 Å². The van der Waals surface area contributed by atoms with Crippen molar-refractivity contribution >= 4 is 51.6 Å². The number of thiophene rings is 1. The largest absolute Gasteiger partial charge is 0.354 e. The molecule has 2 aromatic heterocycles. The molecule has 3 rings (SSSR count). The van der Waals surface area contributed by atoms with Gasteiger partial charge in [0.05, 0.1) is 16.4 Å². The molecule has 0 aromatic carbocycles. The second-order valence-corrected chi connectivity index (χ2v) is 9.21. The zero-order valence-electron chi connectivity index (χ0n) is 15.1. The highest BCUT2D eigenvalue weighted by Gasteiger charge is 2.28. The Balaban J connectivity index is 0.00000243. The van der Waals surface area contributed by atoms with Crippen LogP contribution in [0.15, 0.2) is 4.79 Å². The third-order valence-corrected chi connectivity index (χ3v) is 6.92. The van der Waals surface area contributed by atoms with E-state index in [0.717, 1.165) is 15.3 Å². The summed E-state index contributed by atoms with van der Waals surface area (Å²) in [4.78, 5) is 33.7. The van der Waals surface area contributed by atoms with Gasteiger partial charge in [0.2, 0.25) is 5.91 Å². The van der Waals surface area contributed by atoms with Crippen molar-refractivity contribution in [3.63, 3.8) is 0 Å². The summed E-state index contributed by atoms with van der Waals surface area (Å²) in [5, 5.41) is 3.37. The summed E-state index contributed by atoms with van der Waals surface area (Å²) >= 11 is 2.99. The van der Waals surface area contributed by atoms with Gasteiger partial charge in [-0.3, -0.25) is 9.59 Å². The number of carbonyl (C=O) groups is 1. The predicted molar refractivity (Wildman–Crippen MR) is 111 cm³/mol. The number of nitrogens with zero attached hydrogens (tertiary/aromatic N) is 1. The van der Waals surface area contributed by atoms with Gasteiger partial charge in [-0.1, -0.05) is 0 Å². The minimum absolute atomic E-state index is 0. The van der Waals surface area contributed by atoms with Crippen LogP contribution >= 0.6 is 35.5 Å². The summed E-state index contributed by atoms with van der Waals surface area (Å²) in [6, 6.07) is 0.0619. The third-order valence-electron chi connectivity index (χ3n) is 4.67. The molecule has 2 unspecified atom stereocenters. The molecule has 0 aliphatic heterocycles. The first-order valence-electron chi connectivity index (χ1n) is 8.50. The Hall–Kier alpha value is -1.09. The van der Waals surface area contributed by atoms with Crippen LogP contribution in [0.4, 0.5) is 0 Å². The standard InChI is InChI=1S/C17H24N4O2S2.ClH/c1-8-9(2)25-17-14(8)16(23)20-13(21-17)7-24-10(3)15(22)19-6-12(18)11-4-5-11;/h10-12H,4-7,18H2,1-3H3,(H,19,22)(H,20,21,23);1H. The molecule has 26 heavy (non-hydrogen) atoms. The van der Waals surface area contributed by atoms with Gasteiger partial charge in [-0.15, -0.1) is 35.5 Å². The first kappa shape index (κ1) is 21.2. The average Bonchev–Trinajstić information content (AvgIpc) is 3.37. The lowest BCUT2D eigenvalue weighted by molar-refractivity contribution is -0.120. The van der Waals surface area contributed by atoms with Gasteiger partial charge in [-0.25, -0.2) is 4.98 Å². The molecule has 4 N–H and O–H groups in total. The van der Waals surface area contributed by atoms with E-state index in [4.69, 9.17) is 5.73 Å². The summed E-state index contributed by atoms with van der Waals surface area (Å²) < 4.78 is 0. The molecule has 0 spiro atoms. The SMILES string of the molecule is Cc1sc2nc(CSC(C)C(=O)NCC(N)C3CC3)[nH]c(=O)c2c1C.Cl. The number of nitrogens with one attached hydrogen (secondary N) is 2. The van der Waals surface area contributed by atoms with Gasteiger partial charge in [-0.05, 0) is 45.1 Å². The van der Waals surface area contributed by atoms with Gasteiger partial charge < -0.3 is 16.0 Å². The van der Waals surface area contributed by atoms with E-state index in [1.54, 1.807) is 0 Å². The predicted octanol–water partition coefficient (Wildman–Crippen LogP) is 2.50. The second-order valence-electron chi connectivity index (χ2n) is 6.68. The zero-order chi connectivity index (χ0) is 18.1. The number of aromatic amines is 1. The van der Waals surface area contributed by atoms with Gasteiger partial charge in [0.25, 0.3) is 5.56 Å². The Morgan fingerprint density at radius 2 is 2.15 bits per heavy atom. The summed E-state index contributed by atoms with van der Waals surface area (Å²) in [6.07, 6.45) is 2.34. The lowest BCUT2D eigenvalue weighted by Crippen LogP contribution is -2.41. The number of hydrogen-bond acceptors (Lipinski definition) is 6. The quantitative estimate of drug-likeness (QED) is 0.643. The number of halogens is 1. The molecule has 1 saturated carbocycles. The Morgan fingerprint density at radius 1 is 1.46 bits per heavy atom. The summed E-state index contributed by atoms with van der Waals surface area (Å²) in [5.74, 6) is 1.65. The van der Waals surface area contributed by atoms with Crippen LogP contribution in [0, 0.1) is 19.8 Å². The number of aryl methyl sites for hydroxylation is 2. The topological polar surface area (TPSA) is 101 Å². The average molecular weight is 417 g/mol. The third kappa shape index (κ3) is 4.79. The van der Waals surface area contributed by atoms with Crippen LogP contribution in [0.2, 0.25) is 0 Å². The van der Waals surface area contributed by atoms with Gasteiger partial charge in [0, 0.05) is 17.5 Å². The highest BCUT2D eigenvalue weighted by molar-refractivity contribution is 7.99. The number of H-pyrrole nitrogens is 1. The van der Waals surface area contributed by atoms with E-state index in [1.807, 2.05) is 20.8 Å². The van der Waals surface area contributed by atoms with Crippen molar-refractivity contribution < 1.29 is 4.79 Å². The van der Waals surface area contributed by atoms with Crippen molar-refractivity contribution in [2.75, 3.05) is 6.54 Å². The first-order valence-corrected chi connectivity index (χ1v) is 10.4. The molecule has 9 heteroatoms. The fourth-order valence-corrected chi connectivity index (χ4v) is 4.53. The fourth-order valence-electron chi connectivity index (χ4n) is 2.70. The molecular formula is C17H25ClN4O2S2. The molecule has 2 aromatic rings. The molecule has 1 amide bonds. The molecule has 1 aliphatic rings. The number of nitrogens with two attached hydrogens (primary N) is 1. The normalized spacial score (nSPS) is 16.2. The van der Waals surface area contributed by atoms with Crippen LogP contribution in [-0.4, -0.2) is 33.7 Å². The maximum absolute atomic E-state index is 12.3. The van der Waals surface area contributed by atoms with Crippen molar-refractivity contribution in [1.82, 2.24) is 15.3 Å². The number of rotatable bonds is 7. The maximum atomic E-state index is 12.3. The molecule has 0 bridgehead atoms. The fraction of sp³-hybridized carbons (Fsp3) is 0.588. The van der Waals surface area contributed by atoms with Crippen LogP contribution in [0.1, 0.15) is 36.0 Å². The van der Waals surface area contributed by atoms with Crippen LogP contribution in [-0.2, 0) is 10.5 Å².